The quantitative estimate of drug-likeness (QED) is 0.115. The van der Waals surface area contributed by atoms with Crippen molar-refractivity contribution in [1.82, 2.24) is 4.90 Å². The average molecular weight is 663 g/mol. The molecular weight excluding hydrogens is 629 g/mol. The number of para-hydroxylation sites is 1. The minimum Gasteiger partial charge on any atom is -0.425 e. The number of benzene rings is 4. The number of urea groups is 1. The Morgan fingerprint density at radius 3 is 2.26 bits per heavy atom. The summed E-state index contributed by atoms with van der Waals surface area (Å²) in [4.78, 5) is 29.0. The maximum Gasteiger partial charge on any atom is 0.323 e. The van der Waals surface area contributed by atoms with Crippen LogP contribution < -0.4 is 15.4 Å². The average Bonchev–Trinajstić information content (AvgIpc) is 3.05. The van der Waals surface area contributed by atoms with Crippen molar-refractivity contribution in [1.29, 1.82) is 0 Å². The molecule has 6 rings (SSSR count). The summed E-state index contributed by atoms with van der Waals surface area (Å²) in [5, 5.41) is 38.2. The molecular formula is C35H33Cl2N3O6. The number of aliphatic hydroxyl groups is 3. The Balaban J connectivity index is 1.54. The minimum absolute atomic E-state index is 0.118. The molecule has 1 atom stereocenters. The van der Waals surface area contributed by atoms with Crippen LogP contribution in [0.1, 0.15) is 45.0 Å². The van der Waals surface area contributed by atoms with Crippen molar-refractivity contribution in [3.8, 4) is 16.9 Å². The van der Waals surface area contributed by atoms with E-state index in [-0.39, 0.29) is 37.0 Å². The van der Waals surface area contributed by atoms with Gasteiger partial charge >= 0.3 is 12.0 Å². The topological polar surface area (TPSA) is 131 Å². The van der Waals surface area contributed by atoms with E-state index in [2.05, 4.69) is 15.5 Å². The van der Waals surface area contributed by atoms with Crippen LogP contribution in [-0.2, 0) is 43.9 Å². The molecule has 238 valence electrons. The number of anilines is 2. The third-order valence-corrected chi connectivity index (χ3v) is 9.44. The zero-order chi connectivity index (χ0) is 32.5. The summed E-state index contributed by atoms with van der Waals surface area (Å²) in [6.45, 7) is -0.443. The third kappa shape index (κ3) is 5.98. The molecule has 0 bridgehead atoms. The Bertz CT molecular complexity index is 1850. The highest BCUT2D eigenvalue weighted by molar-refractivity contribution is 6.33. The van der Waals surface area contributed by atoms with Gasteiger partial charge in [0.2, 0.25) is 0 Å². The molecule has 1 unspecified atom stereocenters. The maximum absolute atomic E-state index is 13.5. The molecule has 5 N–H and O–H groups in total. The molecule has 1 heterocycles. The van der Waals surface area contributed by atoms with Gasteiger partial charge in [0.05, 0.1) is 37.0 Å². The number of ether oxygens (including phenoxy) is 1. The number of rotatable bonds is 8. The van der Waals surface area contributed by atoms with Crippen molar-refractivity contribution < 1.29 is 29.6 Å². The smallest absolute Gasteiger partial charge is 0.323 e. The van der Waals surface area contributed by atoms with Gasteiger partial charge in [-0.15, -0.1) is 0 Å². The monoisotopic (exact) mass is 661 g/mol. The summed E-state index contributed by atoms with van der Waals surface area (Å²) < 4.78 is 6.09. The highest BCUT2D eigenvalue weighted by Gasteiger charge is 2.39. The SMILES string of the molecule is CN1CCc2cc(CO)c(CO)c3c2C1Cc1c(NC(=O)Nc2ccccc2Cl)cc(CO)c(OC(=O)Cc2ccccc2Cl)c1-3. The number of hydrogen-bond acceptors (Lipinski definition) is 7. The van der Waals surface area contributed by atoms with Crippen LogP contribution in [0, 0.1) is 0 Å². The summed E-state index contributed by atoms with van der Waals surface area (Å²) in [5.74, 6) is -0.468. The number of hydrogen-bond donors (Lipinski definition) is 5. The lowest BCUT2D eigenvalue weighted by Crippen LogP contribution is -2.37. The number of carbonyl (C=O) groups excluding carboxylic acids is 2. The van der Waals surface area contributed by atoms with Crippen molar-refractivity contribution in [3.05, 3.63) is 110 Å². The van der Waals surface area contributed by atoms with E-state index in [4.69, 9.17) is 27.9 Å². The van der Waals surface area contributed by atoms with Crippen LogP contribution in [0.15, 0.2) is 60.7 Å². The van der Waals surface area contributed by atoms with Crippen LogP contribution in [0.3, 0.4) is 0 Å². The molecule has 2 amide bonds. The van der Waals surface area contributed by atoms with E-state index in [1.165, 1.54) is 0 Å². The van der Waals surface area contributed by atoms with E-state index in [0.717, 1.165) is 24.1 Å². The third-order valence-electron chi connectivity index (χ3n) is 8.74. The van der Waals surface area contributed by atoms with Crippen molar-refractivity contribution in [2.24, 2.45) is 0 Å². The molecule has 0 saturated heterocycles. The van der Waals surface area contributed by atoms with Crippen LogP contribution in [0.2, 0.25) is 10.0 Å². The minimum atomic E-state index is -0.598. The number of esters is 1. The largest absolute Gasteiger partial charge is 0.425 e. The molecule has 46 heavy (non-hydrogen) atoms. The first-order valence-electron chi connectivity index (χ1n) is 14.9. The highest BCUT2D eigenvalue weighted by atomic mass is 35.5. The second-order valence-electron chi connectivity index (χ2n) is 11.5. The van der Waals surface area contributed by atoms with Gasteiger partial charge in [-0.3, -0.25) is 9.69 Å². The lowest BCUT2D eigenvalue weighted by molar-refractivity contribution is -0.133. The number of carbonyl (C=O) groups is 2. The van der Waals surface area contributed by atoms with Gasteiger partial charge in [0.1, 0.15) is 5.75 Å². The molecule has 2 aliphatic rings. The normalized spacial score (nSPS) is 15.1. The molecule has 0 aromatic heterocycles. The first kappa shape index (κ1) is 32.0. The van der Waals surface area contributed by atoms with E-state index in [0.29, 0.717) is 61.2 Å². The number of aliphatic hydroxyl groups excluding tert-OH is 3. The lowest BCUT2D eigenvalue weighted by Gasteiger charge is -2.42. The van der Waals surface area contributed by atoms with Gasteiger partial charge in [0.25, 0.3) is 0 Å². The fraction of sp³-hybridized carbons (Fsp3) is 0.257. The van der Waals surface area contributed by atoms with Gasteiger partial charge in [-0.25, -0.2) is 4.79 Å². The van der Waals surface area contributed by atoms with Crippen LogP contribution >= 0.6 is 23.2 Å². The zero-order valence-corrected chi connectivity index (χ0v) is 26.6. The Morgan fingerprint density at radius 2 is 1.57 bits per heavy atom. The van der Waals surface area contributed by atoms with E-state index in [1.54, 1.807) is 54.6 Å². The molecule has 1 aliphatic heterocycles. The van der Waals surface area contributed by atoms with Crippen LogP contribution in [-0.4, -0.2) is 45.8 Å². The molecule has 4 aromatic rings. The molecule has 9 nitrogen and oxygen atoms in total. The van der Waals surface area contributed by atoms with Crippen LogP contribution in [0.4, 0.5) is 16.2 Å². The Hall–Kier alpha value is -3.96. The molecule has 0 spiro atoms. The van der Waals surface area contributed by atoms with Gasteiger partial charge in [0.15, 0.2) is 0 Å². The van der Waals surface area contributed by atoms with Crippen molar-refractivity contribution >= 4 is 46.6 Å². The molecule has 4 aromatic carbocycles. The Morgan fingerprint density at radius 1 is 0.870 bits per heavy atom. The Labute approximate surface area is 276 Å². The number of nitrogens with one attached hydrogen (secondary N) is 2. The summed E-state index contributed by atoms with van der Waals surface area (Å²) >= 11 is 12.6. The van der Waals surface area contributed by atoms with E-state index in [1.807, 2.05) is 13.1 Å². The van der Waals surface area contributed by atoms with E-state index < -0.39 is 18.6 Å². The van der Waals surface area contributed by atoms with Crippen molar-refractivity contribution in [2.45, 2.75) is 45.1 Å². The fourth-order valence-corrected chi connectivity index (χ4v) is 6.93. The number of halogens is 2. The van der Waals surface area contributed by atoms with E-state index >= 15 is 0 Å². The molecule has 0 fully saturated rings. The van der Waals surface area contributed by atoms with Crippen molar-refractivity contribution in [3.63, 3.8) is 0 Å². The molecule has 11 heteroatoms. The van der Waals surface area contributed by atoms with Crippen LogP contribution in [0.25, 0.3) is 11.1 Å². The predicted molar refractivity (Wildman–Crippen MR) is 177 cm³/mol. The highest BCUT2D eigenvalue weighted by Crippen LogP contribution is 2.53. The summed E-state index contributed by atoms with van der Waals surface area (Å²) in [6.07, 6.45) is 1.04. The number of fused-ring (bicyclic) bond motifs is 2. The summed E-state index contributed by atoms with van der Waals surface area (Å²) in [6, 6.07) is 16.7. The maximum atomic E-state index is 13.5. The molecule has 0 radical (unpaired) electrons. The van der Waals surface area contributed by atoms with Gasteiger partial charge in [0, 0.05) is 34.4 Å². The molecule has 0 saturated carbocycles. The van der Waals surface area contributed by atoms with Gasteiger partial charge in [-0.1, -0.05) is 59.6 Å². The summed E-state index contributed by atoms with van der Waals surface area (Å²) in [5.41, 5.74) is 6.48. The van der Waals surface area contributed by atoms with Crippen molar-refractivity contribution in [2.75, 3.05) is 24.2 Å². The Kier molecular flexibility index (Phi) is 9.33. The standard InChI is InChI=1S/C35H33Cl2N3O6/c1-40-11-10-20-12-21(16-41)24(18-43)32-31(20)29(40)15-23-28(39-35(45)38-27-9-5-4-8-26(27)37)13-22(17-42)34(33(23)32)46-30(44)14-19-6-2-3-7-25(19)36/h2-9,12-13,29,41-43H,10-11,14-18H2,1H3,(H2,38,39,45). The second kappa shape index (κ2) is 13.4. The number of amides is 2. The predicted octanol–water partition coefficient (Wildman–Crippen LogP) is 6.01. The number of nitrogens with zero attached hydrogens (tertiary/aromatic N) is 1. The van der Waals surface area contributed by atoms with Crippen LogP contribution in [0.5, 0.6) is 5.75 Å². The van der Waals surface area contributed by atoms with Gasteiger partial charge < -0.3 is 30.7 Å². The van der Waals surface area contributed by atoms with E-state index in [9.17, 15) is 24.9 Å². The summed E-state index contributed by atoms with van der Waals surface area (Å²) in [7, 11) is 2.02. The first-order chi connectivity index (χ1) is 22.2. The number of likely N-dealkylation sites (N-methyl/N-ethyl adjacent to an activating group) is 1. The molecule has 1 aliphatic carbocycles. The van der Waals surface area contributed by atoms with Gasteiger partial charge in [-0.05, 0) is 83.1 Å². The fourth-order valence-electron chi connectivity index (χ4n) is 6.54. The lowest BCUT2D eigenvalue weighted by atomic mass is 9.73. The zero-order valence-electron chi connectivity index (χ0n) is 25.1. The van der Waals surface area contributed by atoms with Gasteiger partial charge in [-0.2, -0.15) is 0 Å². The first-order valence-corrected chi connectivity index (χ1v) is 15.7. The second-order valence-corrected chi connectivity index (χ2v) is 12.3.